The molecular formula is C11H12ClN3O3S3. The molecule has 2 aromatic rings. The van der Waals surface area contributed by atoms with Crippen LogP contribution in [0, 0.1) is 0 Å². The molecule has 0 bridgehead atoms. The van der Waals surface area contributed by atoms with Gasteiger partial charge in [0.1, 0.15) is 4.21 Å². The standard InChI is InChI=1S/C11H12ClN3O3S3/c1-7(11(16)13-4-8-5-19-6-14-8)15-21(17,18)10-3-2-9(12)20-10/h2-3,5-7,15H,4H2,1H3,(H,13,16). The number of thiophene rings is 1. The largest absolute Gasteiger partial charge is 0.349 e. The summed E-state index contributed by atoms with van der Waals surface area (Å²) in [6.07, 6.45) is 0. The predicted molar refractivity (Wildman–Crippen MR) is 83.1 cm³/mol. The van der Waals surface area contributed by atoms with Gasteiger partial charge in [-0.15, -0.1) is 22.7 Å². The summed E-state index contributed by atoms with van der Waals surface area (Å²) in [6, 6.07) is 2.00. The fourth-order valence-electron chi connectivity index (χ4n) is 1.44. The highest BCUT2D eigenvalue weighted by atomic mass is 35.5. The summed E-state index contributed by atoms with van der Waals surface area (Å²) < 4.78 is 26.8. The molecule has 2 rings (SSSR count). The van der Waals surface area contributed by atoms with Crippen molar-refractivity contribution in [2.75, 3.05) is 0 Å². The third-order valence-electron chi connectivity index (χ3n) is 2.47. The van der Waals surface area contributed by atoms with E-state index >= 15 is 0 Å². The third-order valence-corrected chi connectivity index (χ3v) is 6.36. The van der Waals surface area contributed by atoms with E-state index in [-0.39, 0.29) is 10.8 Å². The Morgan fingerprint density at radius 2 is 2.24 bits per heavy atom. The molecule has 0 aromatic carbocycles. The molecule has 0 spiro atoms. The van der Waals surface area contributed by atoms with Crippen molar-refractivity contribution >= 4 is 50.2 Å². The van der Waals surface area contributed by atoms with Crippen LogP contribution in [0.4, 0.5) is 0 Å². The van der Waals surface area contributed by atoms with E-state index in [0.717, 1.165) is 17.0 Å². The van der Waals surface area contributed by atoms with Gasteiger partial charge in [-0.3, -0.25) is 4.79 Å². The Labute approximate surface area is 135 Å². The number of hydrogen-bond donors (Lipinski definition) is 2. The lowest BCUT2D eigenvalue weighted by atomic mass is 10.3. The summed E-state index contributed by atoms with van der Waals surface area (Å²) in [5.41, 5.74) is 2.39. The lowest BCUT2D eigenvalue weighted by Gasteiger charge is -2.13. The molecular weight excluding hydrogens is 354 g/mol. The molecule has 21 heavy (non-hydrogen) atoms. The number of hydrogen-bond acceptors (Lipinski definition) is 6. The van der Waals surface area contributed by atoms with E-state index in [4.69, 9.17) is 11.6 Å². The molecule has 0 aliphatic heterocycles. The molecule has 1 atom stereocenters. The number of halogens is 1. The van der Waals surface area contributed by atoms with Crippen molar-refractivity contribution in [1.29, 1.82) is 0 Å². The molecule has 2 heterocycles. The monoisotopic (exact) mass is 365 g/mol. The normalized spacial score (nSPS) is 13.0. The Hall–Kier alpha value is -1.00. The first-order valence-electron chi connectivity index (χ1n) is 5.81. The summed E-state index contributed by atoms with van der Waals surface area (Å²) >= 11 is 8.07. The molecule has 0 radical (unpaired) electrons. The van der Waals surface area contributed by atoms with Crippen LogP contribution in [0.3, 0.4) is 0 Å². The van der Waals surface area contributed by atoms with Gasteiger partial charge in [0, 0.05) is 5.38 Å². The first-order valence-corrected chi connectivity index (χ1v) is 9.43. The average Bonchev–Trinajstić information content (AvgIpc) is 3.06. The van der Waals surface area contributed by atoms with Gasteiger partial charge >= 0.3 is 0 Å². The van der Waals surface area contributed by atoms with Gasteiger partial charge in [-0.25, -0.2) is 13.4 Å². The van der Waals surface area contributed by atoms with E-state index in [2.05, 4.69) is 15.0 Å². The molecule has 0 aliphatic carbocycles. The van der Waals surface area contributed by atoms with Crippen LogP contribution in [0.25, 0.3) is 0 Å². The van der Waals surface area contributed by atoms with E-state index in [1.54, 1.807) is 5.51 Å². The number of sulfonamides is 1. The maximum atomic E-state index is 12.0. The van der Waals surface area contributed by atoms with Crippen molar-refractivity contribution in [2.24, 2.45) is 0 Å². The van der Waals surface area contributed by atoms with E-state index in [1.165, 1.54) is 30.4 Å². The molecule has 2 N–H and O–H groups in total. The summed E-state index contributed by atoms with van der Waals surface area (Å²) in [5.74, 6) is -0.422. The van der Waals surface area contributed by atoms with Gasteiger partial charge in [0.2, 0.25) is 5.91 Å². The summed E-state index contributed by atoms with van der Waals surface area (Å²) in [5, 5.41) is 4.43. The van der Waals surface area contributed by atoms with Crippen molar-refractivity contribution in [2.45, 2.75) is 23.7 Å². The molecule has 1 amide bonds. The Morgan fingerprint density at radius 1 is 1.48 bits per heavy atom. The van der Waals surface area contributed by atoms with Gasteiger partial charge < -0.3 is 5.32 Å². The topological polar surface area (TPSA) is 88.2 Å². The predicted octanol–water partition coefficient (Wildman–Crippen LogP) is 1.84. The van der Waals surface area contributed by atoms with Gasteiger partial charge in [0.15, 0.2) is 0 Å². The second-order valence-corrected chi connectivity index (χ2v) is 8.47. The molecule has 114 valence electrons. The molecule has 1 unspecified atom stereocenters. The minimum Gasteiger partial charge on any atom is -0.349 e. The van der Waals surface area contributed by atoms with Crippen molar-refractivity contribution in [1.82, 2.24) is 15.0 Å². The highest BCUT2D eigenvalue weighted by Gasteiger charge is 2.23. The van der Waals surface area contributed by atoms with E-state index < -0.39 is 22.0 Å². The number of nitrogens with one attached hydrogen (secondary N) is 2. The van der Waals surface area contributed by atoms with E-state index in [1.807, 2.05) is 5.38 Å². The SMILES string of the molecule is CC(NS(=O)(=O)c1ccc(Cl)s1)C(=O)NCc1cscn1. The van der Waals surface area contributed by atoms with E-state index in [9.17, 15) is 13.2 Å². The molecule has 0 saturated carbocycles. The third kappa shape index (κ3) is 4.48. The van der Waals surface area contributed by atoms with Crippen LogP contribution < -0.4 is 10.0 Å². The van der Waals surface area contributed by atoms with Crippen molar-refractivity contribution in [3.05, 3.63) is 33.1 Å². The number of thiazole rings is 1. The molecule has 0 saturated heterocycles. The Bertz CT molecular complexity index is 712. The Morgan fingerprint density at radius 3 is 2.81 bits per heavy atom. The maximum absolute atomic E-state index is 12.0. The Kier molecular flexibility index (Phi) is 5.33. The van der Waals surface area contributed by atoms with E-state index in [0.29, 0.717) is 4.34 Å². The van der Waals surface area contributed by atoms with Crippen molar-refractivity contribution in [3.8, 4) is 0 Å². The maximum Gasteiger partial charge on any atom is 0.250 e. The first kappa shape index (κ1) is 16.4. The zero-order chi connectivity index (χ0) is 15.5. The molecule has 0 aliphatic rings. The number of rotatable bonds is 6. The fourth-order valence-corrected chi connectivity index (χ4v) is 4.70. The average molecular weight is 366 g/mol. The van der Waals surface area contributed by atoms with Crippen molar-refractivity contribution < 1.29 is 13.2 Å². The molecule has 0 fully saturated rings. The van der Waals surface area contributed by atoms with Crippen molar-refractivity contribution in [3.63, 3.8) is 0 Å². The number of carbonyl (C=O) groups is 1. The minimum absolute atomic E-state index is 0.0756. The summed E-state index contributed by atoms with van der Waals surface area (Å²) in [4.78, 5) is 15.9. The number of aromatic nitrogens is 1. The summed E-state index contributed by atoms with van der Waals surface area (Å²) in [7, 11) is -3.75. The summed E-state index contributed by atoms with van der Waals surface area (Å²) in [6.45, 7) is 1.74. The minimum atomic E-state index is -3.75. The second kappa shape index (κ2) is 6.84. The van der Waals surface area contributed by atoms with Crippen LogP contribution in [0.2, 0.25) is 4.34 Å². The second-order valence-electron chi connectivity index (χ2n) is 4.10. The molecule has 2 aromatic heterocycles. The molecule has 10 heteroatoms. The van der Waals surface area contributed by atoms with Crippen LogP contribution >= 0.6 is 34.3 Å². The molecule has 6 nitrogen and oxygen atoms in total. The van der Waals surface area contributed by atoms with Crippen LogP contribution in [0.15, 0.2) is 27.2 Å². The first-order chi connectivity index (χ1) is 9.88. The number of nitrogens with zero attached hydrogens (tertiary/aromatic N) is 1. The van der Waals surface area contributed by atoms with Gasteiger partial charge in [0.05, 0.1) is 28.1 Å². The van der Waals surface area contributed by atoms with Crippen LogP contribution in [0.5, 0.6) is 0 Å². The zero-order valence-corrected chi connectivity index (χ0v) is 14.1. The van der Waals surface area contributed by atoms with Gasteiger partial charge in [-0.2, -0.15) is 4.72 Å². The highest BCUT2D eigenvalue weighted by Crippen LogP contribution is 2.25. The smallest absolute Gasteiger partial charge is 0.250 e. The number of amides is 1. The van der Waals surface area contributed by atoms with Gasteiger partial charge in [-0.1, -0.05) is 11.6 Å². The fraction of sp³-hybridized carbons (Fsp3) is 0.273. The quantitative estimate of drug-likeness (QED) is 0.817. The zero-order valence-electron chi connectivity index (χ0n) is 10.9. The van der Waals surface area contributed by atoms with Crippen LogP contribution in [-0.2, 0) is 21.4 Å². The lowest BCUT2D eigenvalue weighted by Crippen LogP contribution is -2.44. The highest BCUT2D eigenvalue weighted by molar-refractivity contribution is 7.91. The van der Waals surface area contributed by atoms with Crippen LogP contribution in [0.1, 0.15) is 12.6 Å². The number of carbonyl (C=O) groups excluding carboxylic acids is 1. The Balaban J connectivity index is 1.93. The van der Waals surface area contributed by atoms with Crippen LogP contribution in [-0.4, -0.2) is 25.4 Å². The van der Waals surface area contributed by atoms with Gasteiger partial charge in [0.25, 0.3) is 10.0 Å². The lowest BCUT2D eigenvalue weighted by molar-refractivity contribution is -0.122. The van der Waals surface area contributed by atoms with Gasteiger partial charge in [-0.05, 0) is 19.1 Å².